The van der Waals surface area contributed by atoms with E-state index in [1.807, 2.05) is 30.3 Å². The Bertz CT molecular complexity index is 952. The molecule has 2 saturated carbocycles. The number of ether oxygens (including phenoxy) is 2. The van der Waals surface area contributed by atoms with Gasteiger partial charge in [0.05, 0.1) is 13.7 Å². The summed E-state index contributed by atoms with van der Waals surface area (Å²) in [5.41, 5.74) is 2.89. The van der Waals surface area contributed by atoms with E-state index in [0.717, 1.165) is 63.1 Å². The number of fused-ring (bicyclic) bond motifs is 5. The number of benzene rings is 2. The number of carbonyl (C=O) groups excluding carboxylic acids is 1. The van der Waals surface area contributed by atoms with Crippen molar-refractivity contribution in [2.45, 2.75) is 64.2 Å². The largest absolute Gasteiger partial charge is 0.497 e. The average Bonchev–Trinajstić information content (AvgIpc) is 3.08. The van der Waals surface area contributed by atoms with Crippen molar-refractivity contribution in [3.8, 4) is 11.5 Å². The maximum absolute atomic E-state index is 13.2. The Morgan fingerprint density at radius 3 is 2.69 bits per heavy atom. The van der Waals surface area contributed by atoms with Crippen molar-refractivity contribution < 1.29 is 14.3 Å². The van der Waals surface area contributed by atoms with E-state index >= 15 is 0 Å². The molecule has 3 aliphatic carbocycles. The van der Waals surface area contributed by atoms with E-state index in [9.17, 15) is 4.79 Å². The highest BCUT2D eigenvalue weighted by atomic mass is 16.5. The minimum Gasteiger partial charge on any atom is -0.497 e. The van der Waals surface area contributed by atoms with Crippen LogP contribution in [0.25, 0.3) is 0 Å². The lowest BCUT2D eigenvalue weighted by Crippen LogP contribution is -2.44. The summed E-state index contributed by atoms with van der Waals surface area (Å²) < 4.78 is 11.4. The summed E-state index contributed by atoms with van der Waals surface area (Å²) in [6.45, 7) is 3.05. The number of aryl methyl sites for hydroxylation is 1. The Morgan fingerprint density at radius 1 is 1.03 bits per heavy atom. The molecule has 2 fully saturated rings. The van der Waals surface area contributed by atoms with Crippen LogP contribution in [0.15, 0.2) is 48.5 Å². The molecular formula is C29H36O3. The fourth-order valence-electron chi connectivity index (χ4n) is 7.23. The minimum atomic E-state index is -0.101. The molecule has 0 aromatic heterocycles. The van der Waals surface area contributed by atoms with Gasteiger partial charge in [0.2, 0.25) is 0 Å². The molecule has 3 heteroatoms. The van der Waals surface area contributed by atoms with Gasteiger partial charge in [0, 0.05) is 11.8 Å². The van der Waals surface area contributed by atoms with Gasteiger partial charge in [-0.3, -0.25) is 4.79 Å². The SMILES string of the molecule is COc1ccc2c(c1)CC[C@@H]1[C@@H]2CC[C@]2(C)C(=O)CC(CCCCOc3ccccc3)[C@@H]12. The number of para-hydroxylation sites is 1. The molecule has 0 bridgehead atoms. The van der Waals surface area contributed by atoms with Crippen LogP contribution in [-0.4, -0.2) is 19.5 Å². The summed E-state index contributed by atoms with van der Waals surface area (Å²) in [4.78, 5) is 13.2. The van der Waals surface area contributed by atoms with E-state index in [4.69, 9.17) is 9.47 Å². The maximum Gasteiger partial charge on any atom is 0.139 e. The van der Waals surface area contributed by atoms with Gasteiger partial charge in [-0.05, 0) is 104 Å². The molecule has 170 valence electrons. The normalized spacial score (nSPS) is 30.9. The van der Waals surface area contributed by atoms with E-state index in [1.54, 1.807) is 7.11 Å². The van der Waals surface area contributed by atoms with Gasteiger partial charge in [-0.15, -0.1) is 0 Å². The lowest BCUT2D eigenvalue weighted by atomic mass is 9.54. The summed E-state index contributed by atoms with van der Waals surface area (Å²) in [6.07, 6.45) is 8.68. The van der Waals surface area contributed by atoms with Crippen LogP contribution >= 0.6 is 0 Å². The predicted molar refractivity (Wildman–Crippen MR) is 127 cm³/mol. The van der Waals surface area contributed by atoms with Gasteiger partial charge < -0.3 is 9.47 Å². The Kier molecular flexibility index (Phi) is 6.01. The Morgan fingerprint density at radius 2 is 1.88 bits per heavy atom. The summed E-state index contributed by atoms with van der Waals surface area (Å²) in [7, 11) is 1.75. The molecule has 2 aromatic carbocycles. The van der Waals surface area contributed by atoms with E-state index in [-0.39, 0.29) is 5.41 Å². The van der Waals surface area contributed by atoms with E-state index in [1.165, 1.54) is 17.5 Å². The van der Waals surface area contributed by atoms with Crippen molar-refractivity contribution in [1.29, 1.82) is 0 Å². The number of methoxy groups -OCH3 is 1. The van der Waals surface area contributed by atoms with Crippen LogP contribution in [-0.2, 0) is 11.2 Å². The maximum atomic E-state index is 13.2. The molecule has 32 heavy (non-hydrogen) atoms. The van der Waals surface area contributed by atoms with E-state index in [0.29, 0.717) is 29.5 Å². The van der Waals surface area contributed by atoms with Crippen LogP contribution in [0.5, 0.6) is 11.5 Å². The van der Waals surface area contributed by atoms with Gasteiger partial charge in [-0.1, -0.05) is 31.2 Å². The number of hydrogen-bond acceptors (Lipinski definition) is 3. The number of ketones is 1. The Labute approximate surface area is 192 Å². The summed E-state index contributed by atoms with van der Waals surface area (Å²) >= 11 is 0. The first-order valence-corrected chi connectivity index (χ1v) is 12.5. The third-order valence-electron chi connectivity index (χ3n) is 8.76. The van der Waals surface area contributed by atoms with Gasteiger partial charge in [-0.25, -0.2) is 0 Å². The van der Waals surface area contributed by atoms with Gasteiger partial charge in [0.15, 0.2) is 0 Å². The second kappa shape index (κ2) is 8.92. The van der Waals surface area contributed by atoms with Crippen molar-refractivity contribution >= 4 is 5.78 Å². The molecule has 0 heterocycles. The molecule has 0 saturated heterocycles. The van der Waals surface area contributed by atoms with Gasteiger partial charge >= 0.3 is 0 Å². The topological polar surface area (TPSA) is 35.5 Å². The quantitative estimate of drug-likeness (QED) is 0.463. The zero-order chi connectivity index (χ0) is 22.1. The molecule has 0 radical (unpaired) electrons. The second-order valence-electron chi connectivity index (χ2n) is 10.4. The van der Waals surface area contributed by atoms with Crippen LogP contribution in [0.1, 0.15) is 68.9 Å². The van der Waals surface area contributed by atoms with Gasteiger partial charge in [-0.2, -0.15) is 0 Å². The first-order chi connectivity index (χ1) is 15.6. The second-order valence-corrected chi connectivity index (χ2v) is 10.4. The van der Waals surface area contributed by atoms with Crippen molar-refractivity contribution in [3.63, 3.8) is 0 Å². The van der Waals surface area contributed by atoms with Crippen LogP contribution in [0.4, 0.5) is 0 Å². The highest BCUT2D eigenvalue weighted by Crippen LogP contribution is 2.62. The highest BCUT2D eigenvalue weighted by Gasteiger charge is 2.58. The number of unbranched alkanes of at least 4 members (excludes halogenated alkanes) is 1. The first-order valence-electron chi connectivity index (χ1n) is 12.5. The first kappa shape index (κ1) is 21.6. The van der Waals surface area contributed by atoms with Crippen LogP contribution < -0.4 is 9.47 Å². The molecule has 0 spiro atoms. The number of carbonyl (C=O) groups is 1. The third-order valence-corrected chi connectivity index (χ3v) is 8.76. The molecule has 0 N–H and O–H groups in total. The number of Topliss-reactive ketones (excluding diaryl/α,β-unsaturated/α-hetero) is 1. The van der Waals surface area contributed by atoms with Crippen LogP contribution in [0, 0.1) is 23.2 Å². The zero-order valence-electron chi connectivity index (χ0n) is 19.5. The van der Waals surface area contributed by atoms with Crippen molar-refractivity contribution in [2.75, 3.05) is 13.7 Å². The lowest BCUT2D eigenvalue weighted by molar-refractivity contribution is -0.129. The summed E-state index contributed by atoms with van der Waals surface area (Å²) in [6, 6.07) is 16.7. The lowest BCUT2D eigenvalue weighted by Gasteiger charge is -2.50. The molecular weight excluding hydrogens is 396 g/mol. The third kappa shape index (κ3) is 3.84. The number of hydrogen-bond donors (Lipinski definition) is 0. The van der Waals surface area contributed by atoms with Crippen LogP contribution in [0.2, 0.25) is 0 Å². The van der Waals surface area contributed by atoms with Crippen molar-refractivity contribution in [2.24, 2.45) is 23.2 Å². The zero-order valence-corrected chi connectivity index (χ0v) is 19.5. The molecule has 5 rings (SSSR count). The molecule has 3 nitrogen and oxygen atoms in total. The van der Waals surface area contributed by atoms with Gasteiger partial charge in [0.25, 0.3) is 0 Å². The summed E-state index contributed by atoms with van der Waals surface area (Å²) in [5.74, 6) is 4.78. The smallest absolute Gasteiger partial charge is 0.139 e. The molecule has 2 aromatic rings. The van der Waals surface area contributed by atoms with Crippen molar-refractivity contribution in [3.05, 3.63) is 59.7 Å². The fraction of sp³-hybridized carbons (Fsp3) is 0.552. The fourth-order valence-corrected chi connectivity index (χ4v) is 7.23. The Hall–Kier alpha value is -2.29. The molecule has 1 unspecified atom stereocenters. The molecule has 0 amide bonds. The predicted octanol–water partition coefficient (Wildman–Crippen LogP) is 6.60. The molecule has 3 aliphatic rings. The van der Waals surface area contributed by atoms with Crippen molar-refractivity contribution in [1.82, 2.24) is 0 Å². The number of rotatable bonds is 7. The molecule has 0 aliphatic heterocycles. The molecule has 5 atom stereocenters. The standard InChI is InChI=1S/C29H36O3/c1-29-16-15-25-24-14-12-23(31-2)18-20(24)11-13-26(25)28(29)21(19-27(29)30)8-6-7-17-32-22-9-4-3-5-10-22/h3-5,9-10,12,14,18,21,25-26,28H,6-8,11,13,15-17,19H2,1-2H3/t21?,25-,26-,28+,29-/m1/s1. The summed E-state index contributed by atoms with van der Waals surface area (Å²) in [5, 5.41) is 0. The van der Waals surface area contributed by atoms with Gasteiger partial charge in [0.1, 0.15) is 17.3 Å². The van der Waals surface area contributed by atoms with E-state index in [2.05, 4.69) is 25.1 Å². The minimum absolute atomic E-state index is 0.101. The average molecular weight is 433 g/mol. The highest BCUT2D eigenvalue weighted by molar-refractivity contribution is 5.87. The van der Waals surface area contributed by atoms with E-state index < -0.39 is 0 Å². The van der Waals surface area contributed by atoms with Crippen LogP contribution in [0.3, 0.4) is 0 Å². The Balaban J connectivity index is 1.26. The monoisotopic (exact) mass is 432 g/mol.